The molecule has 6 heteroatoms. The monoisotopic (exact) mass is 366 g/mol. The van der Waals surface area contributed by atoms with Crippen LogP contribution in [0, 0.1) is 0 Å². The number of hydrogen-bond donors (Lipinski definition) is 1. The fourth-order valence-corrected chi connectivity index (χ4v) is 3.72. The molecular formula is C21H26N4O2. The number of rotatable bonds is 6. The van der Waals surface area contributed by atoms with Gasteiger partial charge < -0.3 is 10.1 Å². The Bertz CT molecular complexity index is 815. The van der Waals surface area contributed by atoms with E-state index in [9.17, 15) is 4.79 Å². The minimum Gasteiger partial charge on any atom is -0.379 e. The summed E-state index contributed by atoms with van der Waals surface area (Å²) in [5, 5.41) is 7.88. The summed E-state index contributed by atoms with van der Waals surface area (Å²) in [6.07, 6.45) is 5.08. The number of aromatic nitrogens is 2. The first-order valence-corrected chi connectivity index (χ1v) is 10.1. The molecule has 2 aromatic rings. The van der Waals surface area contributed by atoms with Crippen molar-refractivity contribution in [2.24, 2.45) is 0 Å². The van der Waals surface area contributed by atoms with Gasteiger partial charge in [0.25, 0.3) is 0 Å². The zero-order valence-electron chi connectivity index (χ0n) is 15.6. The van der Waals surface area contributed by atoms with Gasteiger partial charge in [0.05, 0.1) is 31.1 Å². The standard InChI is InChI=1S/C21H26N4O2/c26-21(14-24-9-11-27-12-10-24)22-17-5-7-18(8-6-17)25-20(16-3-4-16)13-19(23-25)15-1-2-15/h5-8,13,15-16H,1-4,9-12,14H2,(H,22,26). The molecule has 1 amide bonds. The first-order chi connectivity index (χ1) is 13.3. The zero-order valence-corrected chi connectivity index (χ0v) is 15.6. The van der Waals surface area contributed by atoms with Gasteiger partial charge >= 0.3 is 0 Å². The highest BCUT2D eigenvalue weighted by Crippen LogP contribution is 2.45. The van der Waals surface area contributed by atoms with Crippen molar-refractivity contribution in [3.05, 3.63) is 41.7 Å². The van der Waals surface area contributed by atoms with E-state index in [1.165, 1.54) is 37.1 Å². The summed E-state index contributed by atoms with van der Waals surface area (Å²) >= 11 is 0. The van der Waals surface area contributed by atoms with E-state index in [1.807, 2.05) is 12.1 Å². The fraction of sp³-hybridized carbons (Fsp3) is 0.524. The molecule has 27 heavy (non-hydrogen) atoms. The van der Waals surface area contributed by atoms with Gasteiger partial charge in [0, 0.05) is 36.3 Å². The van der Waals surface area contributed by atoms with Crippen molar-refractivity contribution < 1.29 is 9.53 Å². The highest BCUT2D eigenvalue weighted by atomic mass is 16.5. The smallest absolute Gasteiger partial charge is 0.238 e. The number of morpholine rings is 1. The van der Waals surface area contributed by atoms with E-state index in [0.29, 0.717) is 31.6 Å². The first kappa shape index (κ1) is 17.0. The van der Waals surface area contributed by atoms with Gasteiger partial charge in [0.2, 0.25) is 5.91 Å². The molecule has 3 aliphatic rings. The van der Waals surface area contributed by atoms with Crippen LogP contribution in [-0.2, 0) is 9.53 Å². The lowest BCUT2D eigenvalue weighted by Gasteiger charge is -2.25. The van der Waals surface area contributed by atoms with E-state index in [-0.39, 0.29) is 5.91 Å². The molecule has 0 bridgehead atoms. The second-order valence-electron chi connectivity index (χ2n) is 7.94. The maximum absolute atomic E-state index is 12.3. The Morgan fingerprint density at radius 2 is 1.78 bits per heavy atom. The molecule has 1 N–H and O–H groups in total. The summed E-state index contributed by atoms with van der Waals surface area (Å²) < 4.78 is 7.44. The van der Waals surface area contributed by atoms with Crippen LogP contribution in [0.1, 0.15) is 48.9 Å². The van der Waals surface area contributed by atoms with Crippen molar-refractivity contribution >= 4 is 11.6 Å². The van der Waals surface area contributed by atoms with Gasteiger partial charge in [-0.25, -0.2) is 4.68 Å². The van der Waals surface area contributed by atoms with Crippen LogP contribution >= 0.6 is 0 Å². The highest BCUT2D eigenvalue weighted by molar-refractivity contribution is 5.92. The molecular weight excluding hydrogens is 340 g/mol. The molecule has 142 valence electrons. The fourth-order valence-electron chi connectivity index (χ4n) is 3.72. The topological polar surface area (TPSA) is 59.4 Å². The Morgan fingerprint density at radius 1 is 1.07 bits per heavy atom. The number of benzene rings is 1. The second kappa shape index (κ2) is 7.09. The summed E-state index contributed by atoms with van der Waals surface area (Å²) in [5.74, 6) is 1.36. The average Bonchev–Trinajstić information content (AvgIpc) is 3.62. The maximum atomic E-state index is 12.3. The van der Waals surface area contributed by atoms with E-state index in [2.05, 4.69) is 33.1 Å². The van der Waals surface area contributed by atoms with E-state index in [0.717, 1.165) is 24.5 Å². The molecule has 1 aromatic carbocycles. The summed E-state index contributed by atoms with van der Waals surface area (Å²) in [4.78, 5) is 14.4. The Morgan fingerprint density at radius 3 is 2.44 bits per heavy atom. The largest absolute Gasteiger partial charge is 0.379 e. The minimum absolute atomic E-state index is 0.0263. The van der Waals surface area contributed by atoms with Crippen LogP contribution in [0.4, 0.5) is 5.69 Å². The number of nitrogens with zero attached hydrogens (tertiary/aromatic N) is 3. The number of hydrogen-bond acceptors (Lipinski definition) is 4. The van der Waals surface area contributed by atoms with Crippen LogP contribution in [0.2, 0.25) is 0 Å². The molecule has 2 aliphatic carbocycles. The van der Waals surface area contributed by atoms with E-state index < -0.39 is 0 Å². The molecule has 6 nitrogen and oxygen atoms in total. The third-order valence-corrected chi connectivity index (χ3v) is 5.61. The molecule has 1 aliphatic heterocycles. The number of nitrogens with one attached hydrogen (secondary N) is 1. The highest BCUT2D eigenvalue weighted by Gasteiger charge is 2.32. The van der Waals surface area contributed by atoms with Gasteiger partial charge in [-0.1, -0.05) is 0 Å². The Kier molecular flexibility index (Phi) is 4.45. The van der Waals surface area contributed by atoms with Gasteiger partial charge in [-0.3, -0.25) is 9.69 Å². The molecule has 5 rings (SSSR count). The molecule has 0 spiro atoms. The van der Waals surface area contributed by atoms with Crippen LogP contribution in [-0.4, -0.2) is 53.4 Å². The van der Waals surface area contributed by atoms with Crippen molar-refractivity contribution in [2.75, 3.05) is 38.2 Å². The predicted molar refractivity (Wildman–Crippen MR) is 103 cm³/mol. The van der Waals surface area contributed by atoms with Crippen LogP contribution in [0.15, 0.2) is 30.3 Å². The number of carbonyl (C=O) groups is 1. The number of anilines is 1. The molecule has 0 radical (unpaired) electrons. The SMILES string of the molecule is O=C(CN1CCOCC1)Nc1ccc(-n2nc(C3CC3)cc2C2CC2)cc1. The lowest BCUT2D eigenvalue weighted by molar-refractivity contribution is -0.118. The van der Waals surface area contributed by atoms with E-state index >= 15 is 0 Å². The van der Waals surface area contributed by atoms with Crippen molar-refractivity contribution in [1.82, 2.24) is 14.7 Å². The third-order valence-electron chi connectivity index (χ3n) is 5.61. The normalized spacial score (nSPS) is 20.6. The minimum atomic E-state index is 0.0263. The molecule has 0 unspecified atom stereocenters. The van der Waals surface area contributed by atoms with Gasteiger partial charge in [-0.15, -0.1) is 0 Å². The van der Waals surface area contributed by atoms with E-state index in [4.69, 9.17) is 9.84 Å². The van der Waals surface area contributed by atoms with Crippen LogP contribution in [0.25, 0.3) is 5.69 Å². The lowest BCUT2D eigenvalue weighted by atomic mass is 10.2. The quantitative estimate of drug-likeness (QED) is 0.854. The predicted octanol–water partition coefficient (Wildman–Crippen LogP) is 2.90. The number of amides is 1. The zero-order chi connectivity index (χ0) is 18.2. The Balaban J connectivity index is 1.27. The van der Waals surface area contributed by atoms with Crippen molar-refractivity contribution in [1.29, 1.82) is 0 Å². The first-order valence-electron chi connectivity index (χ1n) is 10.1. The van der Waals surface area contributed by atoms with Gasteiger partial charge in [0.15, 0.2) is 0 Å². The van der Waals surface area contributed by atoms with Crippen LogP contribution < -0.4 is 5.32 Å². The van der Waals surface area contributed by atoms with Gasteiger partial charge in [-0.05, 0) is 56.0 Å². The van der Waals surface area contributed by atoms with Crippen molar-refractivity contribution in [2.45, 2.75) is 37.5 Å². The van der Waals surface area contributed by atoms with E-state index in [1.54, 1.807) is 0 Å². The number of ether oxygens (including phenoxy) is 1. The summed E-state index contributed by atoms with van der Waals surface area (Å²) in [5.41, 5.74) is 4.51. The summed E-state index contributed by atoms with van der Waals surface area (Å²) in [6, 6.07) is 10.4. The third kappa shape index (κ3) is 3.92. The summed E-state index contributed by atoms with van der Waals surface area (Å²) in [7, 11) is 0. The summed E-state index contributed by atoms with van der Waals surface area (Å²) in [6.45, 7) is 3.47. The van der Waals surface area contributed by atoms with Gasteiger partial charge in [0.1, 0.15) is 0 Å². The Hall–Kier alpha value is -2.18. The maximum Gasteiger partial charge on any atom is 0.238 e. The Labute approximate surface area is 159 Å². The molecule has 1 saturated heterocycles. The molecule has 2 heterocycles. The number of carbonyl (C=O) groups excluding carboxylic acids is 1. The van der Waals surface area contributed by atoms with Crippen LogP contribution in [0.3, 0.4) is 0 Å². The second-order valence-corrected chi connectivity index (χ2v) is 7.94. The average molecular weight is 366 g/mol. The van der Waals surface area contributed by atoms with Crippen molar-refractivity contribution in [3.8, 4) is 5.69 Å². The molecule has 1 aromatic heterocycles. The van der Waals surface area contributed by atoms with Gasteiger partial charge in [-0.2, -0.15) is 5.10 Å². The molecule has 2 saturated carbocycles. The van der Waals surface area contributed by atoms with Crippen LogP contribution in [0.5, 0.6) is 0 Å². The molecule has 0 atom stereocenters. The lowest BCUT2D eigenvalue weighted by Crippen LogP contribution is -2.41. The molecule has 3 fully saturated rings. The van der Waals surface area contributed by atoms with Crippen molar-refractivity contribution in [3.63, 3.8) is 0 Å².